The lowest BCUT2D eigenvalue weighted by molar-refractivity contribution is -0.145. The van der Waals surface area contributed by atoms with Gasteiger partial charge in [-0.15, -0.1) is 10.2 Å². The summed E-state index contributed by atoms with van der Waals surface area (Å²) in [5.74, 6) is -3.52. The van der Waals surface area contributed by atoms with E-state index in [1.54, 1.807) is 25.2 Å². The molecule has 1 N–H and O–H groups in total. The summed E-state index contributed by atoms with van der Waals surface area (Å²) in [5, 5.41) is 10.1. The summed E-state index contributed by atoms with van der Waals surface area (Å²) in [5.41, 5.74) is 0.220. The fourth-order valence-corrected chi connectivity index (χ4v) is 2.63. The number of hydrogen-bond donors (Lipinski definition) is 1. The van der Waals surface area contributed by atoms with E-state index >= 15 is 0 Å². The van der Waals surface area contributed by atoms with Gasteiger partial charge in [-0.05, 0) is 24.3 Å². The summed E-state index contributed by atoms with van der Waals surface area (Å²) in [4.78, 5) is 25.4. The number of likely N-dealkylation sites (N-methyl/N-ethyl adjacent to an activating group) is 1. The van der Waals surface area contributed by atoms with Gasteiger partial charge < -0.3 is 15.0 Å². The first-order valence-electron chi connectivity index (χ1n) is 7.55. The highest BCUT2D eigenvalue weighted by Crippen LogP contribution is 2.31. The molecule has 0 aliphatic carbocycles. The van der Waals surface area contributed by atoms with E-state index in [1.165, 1.54) is 23.1 Å². The number of benzene rings is 1. The third kappa shape index (κ3) is 6.99. The predicted molar refractivity (Wildman–Crippen MR) is 98.2 cm³/mol. The number of alkyl halides is 2. The van der Waals surface area contributed by atoms with Gasteiger partial charge in [0.15, 0.2) is 17.6 Å². The number of amides is 1. The van der Waals surface area contributed by atoms with Gasteiger partial charge in [0.1, 0.15) is 6.54 Å². The fraction of sp³-hybridized carbons (Fsp3) is 0.250. The van der Waals surface area contributed by atoms with Crippen molar-refractivity contribution in [2.45, 2.75) is 10.7 Å². The number of nitrogens with one attached hydrogen (secondary N) is 1. The maximum Gasteiger partial charge on any atom is 0.326 e. The minimum atomic E-state index is -2.62. The van der Waals surface area contributed by atoms with Gasteiger partial charge in [-0.2, -0.15) is 8.78 Å². The molecule has 0 saturated carbocycles. The summed E-state index contributed by atoms with van der Waals surface area (Å²) in [6.07, 6.45) is 0. The number of hydrogen-bond acceptors (Lipinski definition) is 7. The first kappa shape index (κ1) is 20.8. The quantitative estimate of drug-likeness (QED) is 0.523. The fourth-order valence-electron chi connectivity index (χ4n) is 1.93. The molecule has 0 radical (unpaired) electrons. The van der Waals surface area contributed by atoms with E-state index in [2.05, 4.69) is 15.5 Å². The molecule has 144 valence electrons. The van der Waals surface area contributed by atoms with Crippen molar-refractivity contribution >= 4 is 46.7 Å². The summed E-state index contributed by atoms with van der Waals surface area (Å²) in [6.45, 7) is -0.714. The van der Waals surface area contributed by atoms with Crippen LogP contribution < -0.4 is 10.2 Å². The van der Waals surface area contributed by atoms with Crippen LogP contribution in [0.2, 0.25) is 5.15 Å². The topological polar surface area (TPSA) is 84.4 Å². The average Bonchev–Trinajstić information content (AvgIpc) is 2.62. The molecule has 1 aromatic heterocycles. The molecule has 1 aromatic carbocycles. The number of rotatable bonds is 8. The van der Waals surface area contributed by atoms with Gasteiger partial charge in [0.05, 0.1) is 5.69 Å². The number of ether oxygens (including phenoxy) is 1. The SMILES string of the molecule is CN(CC(=O)OCC(=O)Nc1ccccc1SC(F)F)c1ccc(Cl)nn1. The van der Waals surface area contributed by atoms with Crippen LogP contribution in [0.15, 0.2) is 41.3 Å². The van der Waals surface area contributed by atoms with Crippen molar-refractivity contribution < 1.29 is 23.1 Å². The minimum absolute atomic E-state index is 0.165. The van der Waals surface area contributed by atoms with Gasteiger partial charge in [0.2, 0.25) is 0 Å². The van der Waals surface area contributed by atoms with Crippen LogP contribution in [0.1, 0.15) is 0 Å². The van der Waals surface area contributed by atoms with Crippen molar-refractivity contribution in [3.63, 3.8) is 0 Å². The van der Waals surface area contributed by atoms with E-state index in [9.17, 15) is 18.4 Å². The number of anilines is 2. The molecule has 0 atom stereocenters. The molecule has 0 fully saturated rings. The highest BCUT2D eigenvalue weighted by Gasteiger charge is 2.15. The van der Waals surface area contributed by atoms with Crippen LogP contribution >= 0.6 is 23.4 Å². The van der Waals surface area contributed by atoms with E-state index in [1.807, 2.05) is 0 Å². The van der Waals surface area contributed by atoms with Crippen LogP contribution in [0, 0.1) is 0 Å². The Balaban J connectivity index is 1.83. The molecule has 0 aliphatic rings. The number of thioether (sulfide) groups is 1. The smallest absolute Gasteiger partial charge is 0.326 e. The third-order valence-electron chi connectivity index (χ3n) is 3.12. The normalized spacial score (nSPS) is 10.6. The van der Waals surface area contributed by atoms with Crippen molar-refractivity contribution in [2.75, 3.05) is 30.4 Å². The second-order valence-corrected chi connectivity index (χ2v) is 6.57. The zero-order chi connectivity index (χ0) is 19.8. The van der Waals surface area contributed by atoms with E-state index in [0.29, 0.717) is 17.6 Å². The number of carbonyl (C=O) groups is 2. The zero-order valence-electron chi connectivity index (χ0n) is 14.1. The van der Waals surface area contributed by atoms with E-state index in [0.717, 1.165) is 0 Å². The predicted octanol–water partition coefficient (Wildman–Crippen LogP) is 3.06. The van der Waals surface area contributed by atoms with Crippen LogP contribution in [-0.2, 0) is 14.3 Å². The summed E-state index contributed by atoms with van der Waals surface area (Å²) < 4.78 is 30.0. The van der Waals surface area contributed by atoms with E-state index in [-0.39, 0.29) is 22.3 Å². The second kappa shape index (κ2) is 10.0. The number of carbonyl (C=O) groups excluding carboxylic acids is 2. The number of aromatic nitrogens is 2. The Hall–Kier alpha value is -2.46. The van der Waals surface area contributed by atoms with Crippen LogP contribution in [-0.4, -0.2) is 48.0 Å². The molecular formula is C16H15ClF2N4O3S. The Bertz CT molecular complexity index is 795. The Labute approximate surface area is 163 Å². The highest BCUT2D eigenvalue weighted by atomic mass is 35.5. The molecule has 0 bridgehead atoms. The molecule has 27 heavy (non-hydrogen) atoms. The summed E-state index contributed by atoms with van der Waals surface area (Å²) >= 11 is 5.95. The first-order valence-corrected chi connectivity index (χ1v) is 8.80. The maximum absolute atomic E-state index is 12.5. The van der Waals surface area contributed by atoms with Gasteiger partial charge in [-0.1, -0.05) is 35.5 Å². The van der Waals surface area contributed by atoms with Crippen molar-refractivity contribution in [1.82, 2.24) is 10.2 Å². The monoisotopic (exact) mass is 416 g/mol. The van der Waals surface area contributed by atoms with Crippen molar-refractivity contribution in [1.29, 1.82) is 0 Å². The average molecular weight is 417 g/mol. The van der Waals surface area contributed by atoms with Gasteiger partial charge in [0.25, 0.3) is 11.7 Å². The van der Waals surface area contributed by atoms with Crippen LogP contribution in [0.4, 0.5) is 20.3 Å². The second-order valence-electron chi connectivity index (χ2n) is 5.15. The van der Waals surface area contributed by atoms with Crippen molar-refractivity contribution in [3.8, 4) is 0 Å². The molecule has 0 spiro atoms. The Morgan fingerprint density at radius 2 is 2.00 bits per heavy atom. The molecule has 7 nitrogen and oxygen atoms in total. The molecule has 11 heteroatoms. The Kier molecular flexibility index (Phi) is 7.74. The Morgan fingerprint density at radius 1 is 1.26 bits per heavy atom. The standard InChI is InChI=1S/C16H15ClF2N4O3S/c1-23(13-7-6-12(17)21-22-13)8-15(25)26-9-14(24)20-10-4-2-3-5-11(10)27-16(18)19/h2-7,16H,8-9H2,1H3,(H,20,24). The van der Waals surface area contributed by atoms with Crippen LogP contribution in [0.25, 0.3) is 0 Å². The van der Waals surface area contributed by atoms with Crippen LogP contribution in [0.5, 0.6) is 0 Å². The lowest BCUT2D eigenvalue weighted by Crippen LogP contribution is -2.30. The molecule has 2 aromatic rings. The molecular weight excluding hydrogens is 402 g/mol. The molecule has 0 aliphatic heterocycles. The van der Waals surface area contributed by atoms with Crippen LogP contribution in [0.3, 0.4) is 0 Å². The lowest BCUT2D eigenvalue weighted by atomic mass is 10.3. The number of esters is 1. The third-order valence-corrected chi connectivity index (χ3v) is 4.11. The lowest BCUT2D eigenvalue weighted by Gasteiger charge is -2.16. The molecule has 2 rings (SSSR count). The molecule has 1 heterocycles. The van der Waals surface area contributed by atoms with Crippen molar-refractivity contribution in [2.24, 2.45) is 0 Å². The van der Waals surface area contributed by atoms with Gasteiger partial charge >= 0.3 is 5.97 Å². The minimum Gasteiger partial charge on any atom is -0.454 e. The number of halogens is 3. The molecule has 1 amide bonds. The van der Waals surface area contributed by atoms with E-state index < -0.39 is 24.2 Å². The zero-order valence-corrected chi connectivity index (χ0v) is 15.6. The first-order chi connectivity index (χ1) is 12.8. The Morgan fingerprint density at radius 3 is 2.67 bits per heavy atom. The van der Waals surface area contributed by atoms with E-state index in [4.69, 9.17) is 16.3 Å². The summed E-state index contributed by atoms with van der Waals surface area (Å²) in [6, 6.07) is 9.22. The number of para-hydroxylation sites is 1. The van der Waals surface area contributed by atoms with Crippen molar-refractivity contribution in [3.05, 3.63) is 41.6 Å². The van der Waals surface area contributed by atoms with Gasteiger partial charge in [0, 0.05) is 11.9 Å². The van der Waals surface area contributed by atoms with Gasteiger partial charge in [-0.3, -0.25) is 9.59 Å². The highest BCUT2D eigenvalue weighted by molar-refractivity contribution is 7.99. The molecule has 0 unspecified atom stereocenters. The maximum atomic E-state index is 12.5. The number of nitrogens with zero attached hydrogens (tertiary/aromatic N) is 3. The van der Waals surface area contributed by atoms with Gasteiger partial charge in [-0.25, -0.2) is 0 Å². The molecule has 0 saturated heterocycles. The largest absolute Gasteiger partial charge is 0.454 e. The summed E-state index contributed by atoms with van der Waals surface area (Å²) in [7, 11) is 1.59.